The monoisotopic (exact) mass is 302 g/mol. The minimum atomic E-state index is -0.635. The third-order valence-electron chi connectivity index (χ3n) is 2.12. The Morgan fingerprint density at radius 1 is 1.62 bits per heavy atom. The fourth-order valence-corrected chi connectivity index (χ4v) is 2.44. The van der Waals surface area contributed by atoms with Crippen molar-refractivity contribution in [1.82, 2.24) is 10.1 Å². The average molecular weight is 303 g/mol. The molecule has 0 radical (unpaired) electrons. The van der Waals surface area contributed by atoms with Gasteiger partial charge in [0.15, 0.2) is 0 Å². The van der Waals surface area contributed by atoms with Gasteiger partial charge in [0, 0.05) is 5.38 Å². The molecule has 1 unspecified atom stereocenters. The van der Waals surface area contributed by atoms with E-state index in [4.69, 9.17) is 4.52 Å². The molecule has 0 bridgehead atoms. The van der Waals surface area contributed by atoms with Crippen molar-refractivity contribution in [2.75, 3.05) is 0 Å². The van der Waals surface area contributed by atoms with Crippen molar-refractivity contribution in [3.8, 4) is 11.5 Å². The van der Waals surface area contributed by atoms with E-state index in [0.29, 0.717) is 18.1 Å². The smallest absolute Gasteiger partial charge is 0.258 e. The van der Waals surface area contributed by atoms with Crippen LogP contribution >= 0.6 is 27.3 Å². The summed E-state index contributed by atoms with van der Waals surface area (Å²) in [5, 5.41) is 15.4. The van der Waals surface area contributed by atoms with Gasteiger partial charge in [-0.25, -0.2) is 0 Å². The van der Waals surface area contributed by atoms with Gasteiger partial charge in [0.1, 0.15) is 6.10 Å². The van der Waals surface area contributed by atoms with Gasteiger partial charge < -0.3 is 9.63 Å². The zero-order valence-corrected chi connectivity index (χ0v) is 11.1. The summed E-state index contributed by atoms with van der Waals surface area (Å²) in [5.41, 5.74) is 0.874. The van der Waals surface area contributed by atoms with E-state index in [1.807, 2.05) is 18.4 Å². The van der Waals surface area contributed by atoms with E-state index in [9.17, 15) is 5.11 Å². The van der Waals surface area contributed by atoms with Crippen LogP contribution in [-0.4, -0.2) is 15.2 Å². The van der Waals surface area contributed by atoms with E-state index in [-0.39, 0.29) is 0 Å². The Morgan fingerprint density at radius 3 is 3.06 bits per heavy atom. The standard InChI is InChI=1S/C10H11BrN2O2S/c1-2-3-7(14)9-12-10(15-13-9)6-4-8(11)16-5-6/h4-5,7,14H,2-3H2,1H3. The first kappa shape index (κ1) is 11.8. The lowest BCUT2D eigenvalue weighted by Crippen LogP contribution is -1.98. The van der Waals surface area contributed by atoms with Gasteiger partial charge >= 0.3 is 0 Å². The lowest BCUT2D eigenvalue weighted by atomic mass is 10.2. The molecule has 0 saturated heterocycles. The van der Waals surface area contributed by atoms with Crippen molar-refractivity contribution in [3.05, 3.63) is 21.1 Å². The normalized spacial score (nSPS) is 12.9. The van der Waals surface area contributed by atoms with Gasteiger partial charge in [-0.2, -0.15) is 4.98 Å². The summed E-state index contributed by atoms with van der Waals surface area (Å²) in [6.45, 7) is 2.00. The Morgan fingerprint density at radius 2 is 2.44 bits per heavy atom. The molecule has 2 aromatic heterocycles. The SMILES string of the molecule is CCCC(O)c1noc(-c2csc(Br)c2)n1. The maximum atomic E-state index is 9.69. The van der Waals surface area contributed by atoms with Gasteiger partial charge in [-0.05, 0) is 28.4 Å². The number of nitrogens with zero attached hydrogens (tertiary/aromatic N) is 2. The highest BCUT2D eigenvalue weighted by molar-refractivity contribution is 9.11. The second-order valence-electron chi connectivity index (χ2n) is 3.40. The molecule has 0 aliphatic carbocycles. The predicted octanol–water partition coefficient (Wildman–Crippen LogP) is 3.39. The lowest BCUT2D eigenvalue weighted by Gasteiger charge is -2.00. The minimum Gasteiger partial charge on any atom is -0.385 e. The van der Waals surface area contributed by atoms with Crippen LogP contribution in [-0.2, 0) is 0 Å². The number of aliphatic hydroxyl groups is 1. The van der Waals surface area contributed by atoms with Crippen LogP contribution in [0.5, 0.6) is 0 Å². The van der Waals surface area contributed by atoms with Crippen LogP contribution in [0.15, 0.2) is 19.8 Å². The Hall–Kier alpha value is -0.720. The molecule has 2 aromatic rings. The van der Waals surface area contributed by atoms with Crippen LogP contribution in [0, 0.1) is 0 Å². The van der Waals surface area contributed by atoms with E-state index in [1.165, 1.54) is 0 Å². The van der Waals surface area contributed by atoms with Crippen LogP contribution in [0.3, 0.4) is 0 Å². The molecule has 2 heterocycles. The van der Waals surface area contributed by atoms with Gasteiger partial charge in [-0.1, -0.05) is 18.5 Å². The molecular weight excluding hydrogens is 292 g/mol. The van der Waals surface area contributed by atoms with Crippen molar-refractivity contribution < 1.29 is 9.63 Å². The first-order valence-electron chi connectivity index (χ1n) is 4.96. The fourth-order valence-electron chi connectivity index (χ4n) is 1.31. The highest BCUT2D eigenvalue weighted by Gasteiger charge is 2.16. The molecule has 4 nitrogen and oxygen atoms in total. The molecule has 86 valence electrons. The molecule has 0 aromatic carbocycles. The van der Waals surface area contributed by atoms with Gasteiger partial charge in [-0.3, -0.25) is 0 Å². The Labute approximate surface area is 105 Å². The van der Waals surface area contributed by atoms with Crippen LogP contribution in [0.4, 0.5) is 0 Å². The van der Waals surface area contributed by atoms with Crippen LogP contribution in [0.25, 0.3) is 11.5 Å². The summed E-state index contributed by atoms with van der Waals surface area (Å²) in [7, 11) is 0. The quantitative estimate of drug-likeness (QED) is 0.940. The van der Waals surface area contributed by atoms with Gasteiger partial charge in [-0.15, -0.1) is 11.3 Å². The zero-order valence-electron chi connectivity index (χ0n) is 8.68. The van der Waals surface area contributed by atoms with Gasteiger partial charge in [0.2, 0.25) is 5.82 Å². The number of aromatic nitrogens is 2. The zero-order chi connectivity index (χ0) is 11.5. The third kappa shape index (κ3) is 2.50. The first-order chi connectivity index (χ1) is 7.70. The van der Waals surface area contributed by atoms with Crippen molar-refractivity contribution in [2.45, 2.75) is 25.9 Å². The van der Waals surface area contributed by atoms with Crippen LogP contribution in [0.2, 0.25) is 0 Å². The summed E-state index contributed by atoms with van der Waals surface area (Å²) in [6.07, 6.45) is 0.894. The van der Waals surface area contributed by atoms with E-state index in [2.05, 4.69) is 26.1 Å². The molecule has 2 rings (SSSR count). The Kier molecular flexibility index (Phi) is 3.73. The molecule has 0 aliphatic rings. The predicted molar refractivity (Wildman–Crippen MR) is 65.2 cm³/mol. The molecule has 1 N–H and O–H groups in total. The summed E-state index contributed by atoms with van der Waals surface area (Å²) >= 11 is 4.92. The van der Waals surface area contributed by atoms with Crippen molar-refractivity contribution in [3.63, 3.8) is 0 Å². The van der Waals surface area contributed by atoms with Crippen molar-refractivity contribution >= 4 is 27.3 Å². The maximum Gasteiger partial charge on any atom is 0.258 e. The summed E-state index contributed by atoms with van der Waals surface area (Å²) < 4.78 is 6.11. The van der Waals surface area contributed by atoms with E-state index in [1.54, 1.807) is 11.3 Å². The highest BCUT2D eigenvalue weighted by Crippen LogP contribution is 2.28. The first-order valence-corrected chi connectivity index (χ1v) is 6.64. The van der Waals surface area contributed by atoms with Crippen LogP contribution < -0.4 is 0 Å². The molecule has 16 heavy (non-hydrogen) atoms. The second-order valence-corrected chi connectivity index (χ2v) is 5.69. The molecule has 0 fully saturated rings. The van der Waals surface area contributed by atoms with E-state index >= 15 is 0 Å². The van der Waals surface area contributed by atoms with E-state index < -0.39 is 6.10 Å². The average Bonchev–Trinajstić information content (AvgIpc) is 2.85. The third-order valence-corrected chi connectivity index (χ3v) is 3.62. The summed E-state index contributed by atoms with van der Waals surface area (Å²) in [4.78, 5) is 4.17. The number of hydrogen-bond acceptors (Lipinski definition) is 5. The number of rotatable bonds is 4. The Balaban J connectivity index is 2.19. The highest BCUT2D eigenvalue weighted by atomic mass is 79.9. The molecule has 0 spiro atoms. The molecule has 1 atom stereocenters. The number of thiophene rings is 1. The number of aliphatic hydroxyl groups excluding tert-OH is 1. The maximum absolute atomic E-state index is 9.69. The lowest BCUT2D eigenvalue weighted by molar-refractivity contribution is 0.153. The number of halogens is 1. The van der Waals surface area contributed by atoms with E-state index in [0.717, 1.165) is 15.8 Å². The number of hydrogen-bond donors (Lipinski definition) is 1. The molecular formula is C10H11BrN2O2S. The van der Waals surface area contributed by atoms with Crippen molar-refractivity contribution in [2.24, 2.45) is 0 Å². The second kappa shape index (κ2) is 5.07. The molecule has 6 heteroatoms. The molecule has 0 aliphatic heterocycles. The Bertz CT molecular complexity index is 469. The van der Waals surface area contributed by atoms with Crippen molar-refractivity contribution in [1.29, 1.82) is 0 Å². The molecule has 0 amide bonds. The fraction of sp³-hybridized carbons (Fsp3) is 0.400. The molecule has 0 saturated carbocycles. The van der Waals surface area contributed by atoms with Crippen LogP contribution in [0.1, 0.15) is 31.7 Å². The van der Waals surface area contributed by atoms with Gasteiger partial charge in [0.05, 0.1) is 9.35 Å². The largest absolute Gasteiger partial charge is 0.385 e. The summed E-state index contributed by atoms with van der Waals surface area (Å²) in [5.74, 6) is 0.811. The van der Waals surface area contributed by atoms with Gasteiger partial charge in [0.25, 0.3) is 5.89 Å². The topological polar surface area (TPSA) is 59.2 Å². The summed E-state index contributed by atoms with van der Waals surface area (Å²) in [6, 6.07) is 1.91. The minimum absolute atomic E-state index is 0.360.